The molecule has 0 bridgehead atoms. The minimum atomic E-state index is -0.152. The molecule has 0 spiro atoms. The van der Waals surface area contributed by atoms with Gasteiger partial charge < -0.3 is 16.0 Å². The van der Waals surface area contributed by atoms with E-state index in [2.05, 4.69) is 15.2 Å². The van der Waals surface area contributed by atoms with Crippen LogP contribution in [0.2, 0.25) is 0 Å². The molecule has 1 aliphatic heterocycles. The van der Waals surface area contributed by atoms with Crippen molar-refractivity contribution in [3.8, 4) is 0 Å². The fraction of sp³-hybridized carbons (Fsp3) is 0.400. The number of hydrogen-bond donors (Lipinski definition) is 2. The van der Waals surface area contributed by atoms with E-state index in [0.717, 1.165) is 13.1 Å². The summed E-state index contributed by atoms with van der Waals surface area (Å²) in [6.45, 7) is 1.79. The first-order valence-corrected chi connectivity index (χ1v) is 4.86. The fourth-order valence-electron chi connectivity index (χ4n) is 1.62. The van der Waals surface area contributed by atoms with E-state index in [9.17, 15) is 4.79 Å². The first-order chi connectivity index (χ1) is 7.15. The normalized spacial score (nSPS) is 17.1. The second-order valence-corrected chi connectivity index (χ2v) is 3.87. The van der Waals surface area contributed by atoms with Crippen molar-refractivity contribution in [1.29, 1.82) is 0 Å². The molecule has 1 aromatic heterocycles. The molecule has 1 fully saturated rings. The van der Waals surface area contributed by atoms with Crippen LogP contribution >= 0.6 is 0 Å². The van der Waals surface area contributed by atoms with Gasteiger partial charge in [0.15, 0.2) is 0 Å². The summed E-state index contributed by atoms with van der Waals surface area (Å²) in [6.07, 6.45) is 1.54. The SMILES string of the molecule is CN1CC(NC(=O)c2cc(N)ccn2)C1. The van der Waals surface area contributed by atoms with Crippen molar-refractivity contribution in [3.63, 3.8) is 0 Å². The number of pyridine rings is 1. The maximum atomic E-state index is 11.7. The highest BCUT2D eigenvalue weighted by molar-refractivity contribution is 5.93. The van der Waals surface area contributed by atoms with Crippen molar-refractivity contribution < 1.29 is 4.79 Å². The highest BCUT2D eigenvalue weighted by Crippen LogP contribution is 2.06. The number of hydrogen-bond acceptors (Lipinski definition) is 4. The summed E-state index contributed by atoms with van der Waals surface area (Å²) in [4.78, 5) is 17.8. The third-order valence-electron chi connectivity index (χ3n) is 2.42. The Hall–Kier alpha value is -1.62. The zero-order valence-electron chi connectivity index (χ0n) is 8.60. The summed E-state index contributed by atoms with van der Waals surface area (Å²) in [5, 5.41) is 2.89. The molecule has 80 valence electrons. The molecule has 0 unspecified atom stereocenters. The molecule has 2 rings (SSSR count). The molecule has 1 saturated heterocycles. The summed E-state index contributed by atoms with van der Waals surface area (Å²) in [6, 6.07) is 3.48. The monoisotopic (exact) mass is 206 g/mol. The first-order valence-electron chi connectivity index (χ1n) is 4.86. The Morgan fingerprint density at radius 2 is 2.40 bits per heavy atom. The Kier molecular flexibility index (Phi) is 2.55. The Morgan fingerprint density at radius 1 is 1.67 bits per heavy atom. The Balaban J connectivity index is 1.96. The topological polar surface area (TPSA) is 71.2 Å². The number of nitrogen functional groups attached to an aromatic ring is 1. The van der Waals surface area contributed by atoms with Crippen LogP contribution in [0.3, 0.4) is 0 Å². The number of nitrogens with two attached hydrogens (primary N) is 1. The molecule has 3 N–H and O–H groups in total. The quantitative estimate of drug-likeness (QED) is 0.697. The molecular formula is C10H14N4O. The van der Waals surface area contributed by atoms with E-state index in [1.165, 1.54) is 6.20 Å². The minimum Gasteiger partial charge on any atom is -0.399 e. The van der Waals surface area contributed by atoms with Crippen molar-refractivity contribution in [2.75, 3.05) is 25.9 Å². The van der Waals surface area contributed by atoms with Crippen LogP contribution in [0, 0.1) is 0 Å². The molecule has 0 atom stereocenters. The third-order valence-corrected chi connectivity index (χ3v) is 2.42. The molecule has 0 radical (unpaired) electrons. The van der Waals surface area contributed by atoms with Gasteiger partial charge in [-0.1, -0.05) is 0 Å². The average Bonchev–Trinajstić information content (AvgIpc) is 2.15. The predicted molar refractivity (Wildman–Crippen MR) is 57.4 cm³/mol. The van der Waals surface area contributed by atoms with Crippen LogP contribution in [0.15, 0.2) is 18.3 Å². The van der Waals surface area contributed by atoms with Crippen molar-refractivity contribution in [2.24, 2.45) is 0 Å². The Labute approximate surface area is 88.3 Å². The van der Waals surface area contributed by atoms with Crippen molar-refractivity contribution in [3.05, 3.63) is 24.0 Å². The molecule has 0 aromatic carbocycles. The van der Waals surface area contributed by atoms with Gasteiger partial charge in [0.2, 0.25) is 0 Å². The highest BCUT2D eigenvalue weighted by Gasteiger charge is 2.25. The van der Waals surface area contributed by atoms with Gasteiger partial charge in [-0.15, -0.1) is 0 Å². The fourth-order valence-corrected chi connectivity index (χ4v) is 1.62. The number of likely N-dealkylation sites (N-methyl/N-ethyl adjacent to an activating group) is 1. The standard InChI is InChI=1S/C10H14N4O/c1-14-5-8(6-14)13-10(15)9-4-7(11)2-3-12-9/h2-4,8H,5-6H2,1H3,(H2,11,12)(H,13,15). The highest BCUT2D eigenvalue weighted by atomic mass is 16.2. The van der Waals surface area contributed by atoms with Crippen LogP contribution < -0.4 is 11.1 Å². The molecule has 2 heterocycles. The van der Waals surface area contributed by atoms with Gasteiger partial charge in [0.25, 0.3) is 5.91 Å². The molecule has 0 aliphatic carbocycles. The zero-order valence-corrected chi connectivity index (χ0v) is 8.60. The second-order valence-electron chi connectivity index (χ2n) is 3.87. The smallest absolute Gasteiger partial charge is 0.270 e. The van der Waals surface area contributed by atoms with Gasteiger partial charge in [0.05, 0.1) is 6.04 Å². The maximum Gasteiger partial charge on any atom is 0.270 e. The lowest BCUT2D eigenvalue weighted by Gasteiger charge is -2.36. The van der Waals surface area contributed by atoms with E-state index in [0.29, 0.717) is 11.4 Å². The van der Waals surface area contributed by atoms with Crippen LogP contribution in [0.4, 0.5) is 5.69 Å². The third kappa shape index (κ3) is 2.24. The number of carbonyl (C=O) groups excluding carboxylic acids is 1. The van der Waals surface area contributed by atoms with E-state index in [-0.39, 0.29) is 11.9 Å². The van der Waals surface area contributed by atoms with Gasteiger partial charge >= 0.3 is 0 Å². The Morgan fingerprint density at radius 3 is 3.00 bits per heavy atom. The minimum absolute atomic E-state index is 0.152. The number of amides is 1. The average molecular weight is 206 g/mol. The van der Waals surface area contributed by atoms with Crippen molar-refractivity contribution >= 4 is 11.6 Å². The van der Waals surface area contributed by atoms with E-state index in [1.807, 2.05) is 7.05 Å². The molecule has 1 aromatic rings. The summed E-state index contributed by atoms with van der Waals surface area (Å²) >= 11 is 0. The Bertz CT molecular complexity index is 373. The van der Waals surface area contributed by atoms with Gasteiger partial charge in [0.1, 0.15) is 5.69 Å². The maximum absolute atomic E-state index is 11.7. The van der Waals surface area contributed by atoms with E-state index in [1.54, 1.807) is 12.1 Å². The number of anilines is 1. The summed E-state index contributed by atoms with van der Waals surface area (Å²) in [5.74, 6) is -0.152. The van der Waals surface area contributed by atoms with Gasteiger partial charge in [-0.05, 0) is 19.2 Å². The summed E-state index contributed by atoms with van der Waals surface area (Å²) in [5.41, 5.74) is 6.50. The molecule has 1 amide bonds. The van der Waals surface area contributed by atoms with Crippen molar-refractivity contribution in [1.82, 2.24) is 15.2 Å². The van der Waals surface area contributed by atoms with Gasteiger partial charge in [-0.2, -0.15) is 0 Å². The molecule has 0 saturated carbocycles. The van der Waals surface area contributed by atoms with Crippen LogP contribution in [-0.4, -0.2) is 42.0 Å². The molecule has 5 nitrogen and oxygen atoms in total. The number of nitrogens with zero attached hydrogens (tertiary/aromatic N) is 2. The van der Waals surface area contributed by atoms with E-state index >= 15 is 0 Å². The first kappa shape index (κ1) is 9.92. The van der Waals surface area contributed by atoms with Crippen molar-refractivity contribution in [2.45, 2.75) is 6.04 Å². The number of likely N-dealkylation sites (tertiary alicyclic amines) is 1. The van der Waals surface area contributed by atoms with Gasteiger partial charge in [-0.3, -0.25) is 9.78 Å². The van der Waals surface area contributed by atoms with Gasteiger partial charge in [-0.25, -0.2) is 0 Å². The lowest BCUT2D eigenvalue weighted by atomic mass is 10.1. The van der Waals surface area contributed by atoms with E-state index in [4.69, 9.17) is 5.73 Å². The van der Waals surface area contributed by atoms with Crippen LogP contribution in [0.25, 0.3) is 0 Å². The van der Waals surface area contributed by atoms with Crippen LogP contribution in [-0.2, 0) is 0 Å². The van der Waals surface area contributed by atoms with E-state index < -0.39 is 0 Å². The lowest BCUT2D eigenvalue weighted by molar-refractivity contribution is 0.0853. The zero-order chi connectivity index (χ0) is 10.8. The summed E-state index contributed by atoms with van der Waals surface area (Å²) < 4.78 is 0. The summed E-state index contributed by atoms with van der Waals surface area (Å²) in [7, 11) is 2.02. The molecule has 5 heteroatoms. The number of nitrogens with one attached hydrogen (secondary N) is 1. The number of rotatable bonds is 2. The molecule has 15 heavy (non-hydrogen) atoms. The lowest BCUT2D eigenvalue weighted by Crippen LogP contribution is -2.57. The second kappa shape index (κ2) is 3.86. The van der Waals surface area contributed by atoms with Crippen LogP contribution in [0.5, 0.6) is 0 Å². The van der Waals surface area contributed by atoms with Crippen LogP contribution in [0.1, 0.15) is 10.5 Å². The number of carbonyl (C=O) groups is 1. The molecular weight excluding hydrogens is 192 g/mol. The number of aromatic nitrogens is 1. The predicted octanol–water partition coefficient (Wildman–Crippen LogP) is -0.292. The molecule has 1 aliphatic rings. The largest absolute Gasteiger partial charge is 0.399 e. The van der Waals surface area contributed by atoms with Gasteiger partial charge in [0, 0.05) is 25.0 Å².